The first kappa shape index (κ1) is 23.5. The van der Waals surface area contributed by atoms with Crippen molar-refractivity contribution in [3.05, 3.63) is 101 Å². The number of carbonyl (C=O) groups is 1. The third kappa shape index (κ3) is 4.66. The van der Waals surface area contributed by atoms with E-state index < -0.39 is 5.97 Å². The van der Waals surface area contributed by atoms with Gasteiger partial charge in [-0.1, -0.05) is 42.5 Å². The average Bonchev–Trinajstić information content (AvgIpc) is 2.83. The molecule has 34 heavy (non-hydrogen) atoms. The molecule has 0 radical (unpaired) electrons. The molecule has 4 aromatic carbocycles. The molecule has 174 valence electrons. The molecule has 0 aliphatic rings. The summed E-state index contributed by atoms with van der Waals surface area (Å²) in [7, 11) is 1.46. The lowest BCUT2D eigenvalue weighted by Crippen LogP contribution is -2.22. The Kier molecular flexibility index (Phi) is 6.66. The van der Waals surface area contributed by atoms with Gasteiger partial charge in [0.15, 0.2) is 11.6 Å². The predicted octanol–water partition coefficient (Wildman–Crippen LogP) is 7.07. The minimum absolute atomic E-state index is 0.0150. The molecular weight excluding hydrogens is 429 g/mol. The number of ether oxygens (including phenoxy) is 1. The standard InChI is InChI=1S/C29H28FNO3/c1-17-9-10-22(14-25(17)29(32)33)26-15-23(13-21-7-5-6-8-24(21)26)19(3)31-18(2)20-11-12-27(30)28(16-20)34-4/h5-16,18-19,31H,1-4H3,(H,32,33)/t18-,19?/m1/s1. The van der Waals surface area contributed by atoms with Gasteiger partial charge in [0.1, 0.15) is 0 Å². The third-order valence-corrected chi connectivity index (χ3v) is 6.34. The van der Waals surface area contributed by atoms with Crippen LogP contribution in [0.25, 0.3) is 21.9 Å². The van der Waals surface area contributed by atoms with Gasteiger partial charge in [0, 0.05) is 12.1 Å². The fourth-order valence-electron chi connectivity index (χ4n) is 4.36. The second-order valence-electron chi connectivity index (χ2n) is 8.63. The third-order valence-electron chi connectivity index (χ3n) is 6.34. The SMILES string of the molecule is COc1cc([C@@H](C)NC(C)c2cc(-c3ccc(C)c(C(=O)O)c3)c3ccccc3c2)ccc1F. The number of methoxy groups -OCH3 is 1. The van der Waals surface area contributed by atoms with Crippen LogP contribution in [0.5, 0.6) is 5.75 Å². The molecule has 0 saturated heterocycles. The molecule has 4 aromatic rings. The summed E-state index contributed by atoms with van der Waals surface area (Å²) in [6.07, 6.45) is 0. The molecule has 4 nitrogen and oxygen atoms in total. The molecule has 0 aromatic heterocycles. The number of hydrogen-bond donors (Lipinski definition) is 2. The normalized spacial score (nSPS) is 13.0. The van der Waals surface area contributed by atoms with Gasteiger partial charge in [-0.3, -0.25) is 0 Å². The van der Waals surface area contributed by atoms with Crippen LogP contribution < -0.4 is 10.1 Å². The van der Waals surface area contributed by atoms with E-state index in [1.165, 1.54) is 13.2 Å². The molecular formula is C29H28FNO3. The maximum Gasteiger partial charge on any atom is 0.335 e. The molecule has 5 heteroatoms. The molecule has 0 spiro atoms. The van der Waals surface area contributed by atoms with Crippen molar-refractivity contribution >= 4 is 16.7 Å². The Balaban J connectivity index is 1.73. The van der Waals surface area contributed by atoms with E-state index in [0.717, 1.165) is 38.6 Å². The van der Waals surface area contributed by atoms with Crippen molar-refractivity contribution in [3.8, 4) is 16.9 Å². The number of hydrogen-bond acceptors (Lipinski definition) is 3. The predicted molar refractivity (Wildman–Crippen MR) is 134 cm³/mol. The smallest absolute Gasteiger partial charge is 0.335 e. The van der Waals surface area contributed by atoms with E-state index in [9.17, 15) is 14.3 Å². The van der Waals surface area contributed by atoms with E-state index in [4.69, 9.17) is 4.74 Å². The molecule has 0 heterocycles. The van der Waals surface area contributed by atoms with E-state index in [-0.39, 0.29) is 23.7 Å². The number of nitrogens with one attached hydrogen (secondary N) is 1. The molecule has 0 fully saturated rings. The van der Waals surface area contributed by atoms with Gasteiger partial charge in [0.2, 0.25) is 0 Å². The summed E-state index contributed by atoms with van der Waals surface area (Å²) in [5, 5.41) is 15.4. The van der Waals surface area contributed by atoms with E-state index in [0.29, 0.717) is 5.56 Å². The first-order valence-electron chi connectivity index (χ1n) is 11.2. The minimum atomic E-state index is -0.932. The minimum Gasteiger partial charge on any atom is -0.494 e. The van der Waals surface area contributed by atoms with Gasteiger partial charge < -0.3 is 15.2 Å². The Morgan fingerprint density at radius 2 is 1.68 bits per heavy atom. The van der Waals surface area contributed by atoms with Gasteiger partial charge in [-0.2, -0.15) is 0 Å². The molecule has 0 amide bonds. The summed E-state index contributed by atoms with van der Waals surface area (Å²) in [5.74, 6) is -1.09. The summed E-state index contributed by atoms with van der Waals surface area (Å²) < 4.78 is 19.0. The molecule has 0 bridgehead atoms. The highest BCUT2D eigenvalue weighted by atomic mass is 19.1. The highest BCUT2D eigenvalue weighted by Gasteiger charge is 2.17. The summed E-state index contributed by atoms with van der Waals surface area (Å²) >= 11 is 0. The lowest BCUT2D eigenvalue weighted by molar-refractivity contribution is 0.0696. The molecule has 1 unspecified atom stereocenters. The summed E-state index contributed by atoms with van der Waals surface area (Å²) in [6, 6.07) is 22.8. The summed E-state index contributed by atoms with van der Waals surface area (Å²) in [6.45, 7) is 5.92. The van der Waals surface area contributed by atoms with E-state index in [1.54, 1.807) is 25.1 Å². The van der Waals surface area contributed by atoms with Crippen LogP contribution in [0.15, 0.2) is 72.8 Å². The summed E-state index contributed by atoms with van der Waals surface area (Å²) in [4.78, 5) is 11.7. The number of carboxylic acids is 1. The zero-order chi connectivity index (χ0) is 24.4. The molecule has 0 aliphatic heterocycles. The zero-order valence-electron chi connectivity index (χ0n) is 19.7. The lowest BCUT2D eigenvalue weighted by atomic mass is 9.91. The van der Waals surface area contributed by atoms with Crippen molar-refractivity contribution < 1.29 is 19.0 Å². The number of carboxylic acid groups (broad SMARTS) is 1. The maximum atomic E-state index is 13.8. The van der Waals surface area contributed by atoms with E-state index in [2.05, 4.69) is 36.5 Å². The van der Waals surface area contributed by atoms with Crippen LogP contribution in [0.3, 0.4) is 0 Å². The molecule has 0 aliphatic carbocycles. The van der Waals surface area contributed by atoms with Gasteiger partial charge in [-0.25, -0.2) is 9.18 Å². The Morgan fingerprint density at radius 1 is 0.941 bits per heavy atom. The lowest BCUT2D eigenvalue weighted by Gasteiger charge is -2.23. The number of aryl methyl sites for hydroxylation is 1. The monoisotopic (exact) mass is 457 g/mol. The molecule has 2 N–H and O–H groups in total. The number of halogens is 1. The Labute approximate surface area is 199 Å². The number of aromatic carboxylic acids is 1. The Hall–Kier alpha value is -3.70. The van der Waals surface area contributed by atoms with Crippen molar-refractivity contribution in [1.29, 1.82) is 0 Å². The molecule has 4 rings (SSSR count). The fourth-order valence-corrected chi connectivity index (χ4v) is 4.36. The van der Waals surface area contributed by atoms with Gasteiger partial charge in [-0.15, -0.1) is 0 Å². The fraction of sp³-hybridized carbons (Fsp3) is 0.207. The van der Waals surface area contributed by atoms with Crippen molar-refractivity contribution in [3.63, 3.8) is 0 Å². The summed E-state index contributed by atoms with van der Waals surface area (Å²) in [5.41, 5.74) is 4.89. The first-order chi connectivity index (χ1) is 16.3. The van der Waals surface area contributed by atoms with Crippen molar-refractivity contribution in [2.45, 2.75) is 32.9 Å². The van der Waals surface area contributed by atoms with Crippen molar-refractivity contribution in [1.82, 2.24) is 5.32 Å². The van der Waals surface area contributed by atoms with Crippen molar-refractivity contribution in [2.24, 2.45) is 0 Å². The highest BCUT2D eigenvalue weighted by Crippen LogP contribution is 2.34. The number of benzene rings is 4. The van der Waals surface area contributed by atoms with Crippen LogP contribution in [0.4, 0.5) is 4.39 Å². The maximum absolute atomic E-state index is 13.8. The van der Waals surface area contributed by atoms with Crippen LogP contribution >= 0.6 is 0 Å². The molecule has 0 saturated carbocycles. The Morgan fingerprint density at radius 3 is 2.41 bits per heavy atom. The molecule has 2 atom stereocenters. The van der Waals surface area contributed by atoms with Gasteiger partial charge in [-0.05, 0) is 89.7 Å². The van der Waals surface area contributed by atoms with Gasteiger partial charge in [0.05, 0.1) is 12.7 Å². The average molecular weight is 458 g/mol. The van der Waals surface area contributed by atoms with E-state index in [1.807, 2.05) is 31.2 Å². The zero-order valence-corrected chi connectivity index (χ0v) is 19.7. The van der Waals surface area contributed by atoms with Gasteiger partial charge >= 0.3 is 5.97 Å². The quantitative estimate of drug-likeness (QED) is 0.311. The number of rotatable bonds is 7. The van der Waals surface area contributed by atoms with Crippen LogP contribution in [0, 0.1) is 12.7 Å². The van der Waals surface area contributed by atoms with Crippen LogP contribution in [-0.4, -0.2) is 18.2 Å². The second kappa shape index (κ2) is 9.65. The highest BCUT2D eigenvalue weighted by molar-refractivity contribution is 5.99. The van der Waals surface area contributed by atoms with Crippen molar-refractivity contribution in [2.75, 3.05) is 7.11 Å². The van der Waals surface area contributed by atoms with Crippen LogP contribution in [0.1, 0.15) is 53.0 Å². The largest absolute Gasteiger partial charge is 0.494 e. The van der Waals surface area contributed by atoms with E-state index >= 15 is 0 Å². The topological polar surface area (TPSA) is 58.6 Å². The second-order valence-corrected chi connectivity index (χ2v) is 8.63. The first-order valence-corrected chi connectivity index (χ1v) is 11.2. The van der Waals surface area contributed by atoms with Crippen LogP contribution in [-0.2, 0) is 0 Å². The Bertz CT molecular complexity index is 1370. The number of fused-ring (bicyclic) bond motifs is 1. The van der Waals surface area contributed by atoms with Crippen LogP contribution in [0.2, 0.25) is 0 Å². The van der Waals surface area contributed by atoms with Gasteiger partial charge in [0.25, 0.3) is 0 Å².